The monoisotopic (exact) mass is 441 g/mol. The van der Waals surface area contributed by atoms with Crippen molar-refractivity contribution in [2.75, 3.05) is 20.1 Å². The average Bonchev–Trinajstić information content (AvgIpc) is 3.34. The molecule has 1 amide bonds. The number of carbonyl (C=O) groups excluding carboxylic acids is 1. The van der Waals surface area contributed by atoms with Gasteiger partial charge in [-0.3, -0.25) is 9.69 Å². The molecule has 5 rings (SSSR count). The van der Waals surface area contributed by atoms with Crippen molar-refractivity contribution in [3.05, 3.63) is 52.4 Å². The number of hydrogen-bond donors (Lipinski definition) is 1. The van der Waals surface area contributed by atoms with Crippen LogP contribution in [0.3, 0.4) is 0 Å². The van der Waals surface area contributed by atoms with Crippen LogP contribution in [0.4, 0.5) is 4.39 Å². The van der Waals surface area contributed by atoms with E-state index in [0.29, 0.717) is 6.54 Å². The van der Waals surface area contributed by atoms with Crippen molar-refractivity contribution >= 4 is 29.7 Å². The lowest BCUT2D eigenvalue weighted by Gasteiger charge is -2.28. The molecule has 0 aromatic heterocycles. The summed E-state index contributed by atoms with van der Waals surface area (Å²) in [6.45, 7) is 1.68. The van der Waals surface area contributed by atoms with Crippen molar-refractivity contribution in [1.29, 1.82) is 0 Å². The summed E-state index contributed by atoms with van der Waals surface area (Å²) in [7, 11) is 1.72. The number of fused-ring (bicyclic) bond motifs is 2. The molecular weight excluding hydrogens is 413 g/mol. The molecule has 1 saturated heterocycles. The van der Waals surface area contributed by atoms with Gasteiger partial charge in [0.25, 0.3) is 0 Å². The first-order valence-electron chi connectivity index (χ1n) is 11.1. The van der Waals surface area contributed by atoms with Crippen molar-refractivity contribution in [3.63, 3.8) is 0 Å². The molecule has 31 heavy (non-hydrogen) atoms. The number of allylic oxidation sites excluding steroid dienone is 2. The molecule has 0 saturated carbocycles. The van der Waals surface area contributed by atoms with Crippen LogP contribution in [-0.4, -0.2) is 52.7 Å². The van der Waals surface area contributed by atoms with E-state index in [1.807, 2.05) is 17.8 Å². The van der Waals surface area contributed by atoms with Gasteiger partial charge in [0.1, 0.15) is 12.2 Å². The predicted molar refractivity (Wildman–Crippen MR) is 122 cm³/mol. The van der Waals surface area contributed by atoms with E-state index in [9.17, 15) is 9.18 Å². The minimum absolute atomic E-state index is 0.0287. The highest BCUT2D eigenvalue weighted by molar-refractivity contribution is 8.03. The second kappa shape index (κ2) is 8.67. The number of hydrogen-bond acceptors (Lipinski definition) is 5. The van der Waals surface area contributed by atoms with E-state index in [1.165, 1.54) is 34.5 Å². The van der Waals surface area contributed by atoms with E-state index in [4.69, 9.17) is 0 Å². The van der Waals surface area contributed by atoms with Crippen LogP contribution in [0.2, 0.25) is 0 Å². The first-order valence-corrected chi connectivity index (χ1v) is 12.0. The van der Waals surface area contributed by atoms with Gasteiger partial charge in [0.15, 0.2) is 5.50 Å². The summed E-state index contributed by atoms with van der Waals surface area (Å²) in [6, 6.07) is 6.66. The summed E-state index contributed by atoms with van der Waals surface area (Å²) in [6.07, 6.45) is 10.4. The lowest BCUT2D eigenvalue weighted by atomic mass is 9.99. The summed E-state index contributed by atoms with van der Waals surface area (Å²) in [5.74, 6) is -0.254. The molecule has 0 radical (unpaired) electrons. The Morgan fingerprint density at radius 2 is 2.19 bits per heavy atom. The molecule has 1 aromatic rings. The zero-order chi connectivity index (χ0) is 21.4. The lowest BCUT2D eigenvalue weighted by molar-refractivity contribution is -0.134. The molecule has 0 spiro atoms. The first-order chi connectivity index (χ1) is 15.1. The van der Waals surface area contributed by atoms with Gasteiger partial charge in [-0.2, -0.15) is 5.10 Å². The molecule has 2 unspecified atom stereocenters. The minimum Gasteiger partial charge on any atom is -0.319 e. The minimum atomic E-state index is -0.260. The Balaban J connectivity index is 1.41. The van der Waals surface area contributed by atoms with Crippen molar-refractivity contribution < 1.29 is 9.18 Å². The Hall–Kier alpha value is -2.32. The molecule has 4 aliphatic rings. The number of carbonyl (C=O) groups is 1. The van der Waals surface area contributed by atoms with Gasteiger partial charge in [0.2, 0.25) is 5.91 Å². The fourth-order valence-electron chi connectivity index (χ4n) is 4.74. The Bertz CT molecular complexity index is 955. The van der Waals surface area contributed by atoms with Gasteiger partial charge in [-0.1, -0.05) is 23.9 Å². The van der Waals surface area contributed by atoms with Crippen LogP contribution in [0, 0.1) is 11.7 Å². The summed E-state index contributed by atoms with van der Waals surface area (Å²) in [5.41, 5.74) is 3.12. The van der Waals surface area contributed by atoms with Crippen molar-refractivity contribution in [3.8, 4) is 0 Å². The molecule has 1 N–H and O–H groups in total. The molecule has 0 bridgehead atoms. The normalized spacial score (nSPS) is 25.7. The molecule has 3 aliphatic heterocycles. The first kappa shape index (κ1) is 20.6. The smallest absolute Gasteiger partial charge is 0.246 e. The van der Waals surface area contributed by atoms with Gasteiger partial charge >= 0.3 is 0 Å². The van der Waals surface area contributed by atoms with Crippen LogP contribution in [-0.2, 0) is 4.79 Å². The highest BCUT2D eigenvalue weighted by Gasteiger charge is 2.41. The van der Waals surface area contributed by atoms with E-state index in [2.05, 4.69) is 26.4 Å². The van der Waals surface area contributed by atoms with Crippen LogP contribution in [0.15, 0.2) is 46.2 Å². The van der Waals surface area contributed by atoms with Gasteiger partial charge in [-0.15, -0.1) is 0 Å². The number of amides is 1. The van der Waals surface area contributed by atoms with Gasteiger partial charge in [0.05, 0.1) is 11.6 Å². The molecule has 164 valence electrons. The second-order valence-electron chi connectivity index (χ2n) is 8.50. The number of thioether (sulfide) groups is 1. The van der Waals surface area contributed by atoms with Crippen LogP contribution < -0.4 is 5.32 Å². The summed E-state index contributed by atoms with van der Waals surface area (Å²) < 4.78 is 14.0. The second-order valence-corrected chi connectivity index (χ2v) is 9.65. The summed E-state index contributed by atoms with van der Waals surface area (Å²) >= 11 is 1.84. The highest BCUT2D eigenvalue weighted by atomic mass is 32.2. The molecular formula is C23H28FN5OS. The number of rotatable bonds is 4. The van der Waals surface area contributed by atoms with Crippen LogP contribution in [0.25, 0.3) is 5.70 Å². The van der Waals surface area contributed by atoms with E-state index < -0.39 is 0 Å². The number of nitrogens with one attached hydrogen (secondary N) is 1. The zero-order valence-electron chi connectivity index (χ0n) is 17.8. The van der Waals surface area contributed by atoms with Gasteiger partial charge < -0.3 is 10.2 Å². The van der Waals surface area contributed by atoms with Gasteiger partial charge in [-0.05, 0) is 57.2 Å². The third-order valence-electron chi connectivity index (χ3n) is 6.40. The van der Waals surface area contributed by atoms with Crippen molar-refractivity contribution in [1.82, 2.24) is 20.1 Å². The molecule has 6 nitrogen and oxygen atoms in total. The van der Waals surface area contributed by atoms with Crippen LogP contribution in [0.5, 0.6) is 0 Å². The quantitative estimate of drug-likeness (QED) is 0.436. The van der Waals surface area contributed by atoms with Gasteiger partial charge in [-0.25, -0.2) is 9.40 Å². The maximum Gasteiger partial charge on any atom is 0.246 e. The number of nitrogens with zero attached hydrogens (tertiary/aromatic N) is 4. The van der Waals surface area contributed by atoms with Crippen molar-refractivity contribution in [2.45, 2.75) is 44.0 Å². The van der Waals surface area contributed by atoms with Crippen LogP contribution >= 0.6 is 11.8 Å². The Morgan fingerprint density at radius 3 is 3.00 bits per heavy atom. The summed E-state index contributed by atoms with van der Waals surface area (Å²) in [5, 5.41) is 9.27. The molecule has 1 fully saturated rings. The molecule has 1 aliphatic carbocycles. The number of hydrazone groups is 1. The fourth-order valence-corrected chi connectivity index (χ4v) is 6.18. The Labute approximate surface area is 186 Å². The SMILES string of the molecule is CN(N=CN1C(c2cccc(F)c2)=CN2C3=C(CCCC3)SC12)C(=O)C1CCCNC1. The van der Waals surface area contributed by atoms with E-state index in [1.54, 1.807) is 25.5 Å². The maximum atomic E-state index is 14.0. The maximum absolute atomic E-state index is 14.0. The van der Waals surface area contributed by atoms with Gasteiger partial charge in [0, 0.05) is 36.0 Å². The Morgan fingerprint density at radius 1 is 1.32 bits per heavy atom. The largest absolute Gasteiger partial charge is 0.319 e. The average molecular weight is 442 g/mol. The lowest BCUT2D eigenvalue weighted by Crippen LogP contribution is -2.40. The van der Waals surface area contributed by atoms with E-state index >= 15 is 0 Å². The standard InChI is InChI=1S/C23H28FN5OS/c1-27(22(30)17-7-5-11-25-13-17)26-15-29-20(16-6-4-8-18(24)12-16)14-28-19-9-2-3-10-21(19)31-23(28)29/h4,6,8,12,14-15,17,23,25H,2-3,5,7,9-11,13H2,1H3. The highest BCUT2D eigenvalue weighted by Crippen LogP contribution is 2.51. The van der Waals surface area contributed by atoms with Crippen LogP contribution in [0.1, 0.15) is 44.1 Å². The third-order valence-corrected chi connectivity index (χ3v) is 7.79. The topological polar surface area (TPSA) is 51.2 Å². The zero-order valence-corrected chi connectivity index (χ0v) is 18.6. The van der Waals surface area contributed by atoms with E-state index in [0.717, 1.165) is 43.5 Å². The number of halogens is 1. The molecule has 2 atom stereocenters. The fraction of sp³-hybridized carbons (Fsp3) is 0.478. The molecule has 3 heterocycles. The summed E-state index contributed by atoms with van der Waals surface area (Å²) in [4.78, 5) is 18.6. The predicted octanol–water partition coefficient (Wildman–Crippen LogP) is 3.96. The number of benzene rings is 1. The van der Waals surface area contributed by atoms with Crippen molar-refractivity contribution in [2.24, 2.45) is 11.0 Å². The van der Waals surface area contributed by atoms with E-state index in [-0.39, 0.29) is 23.1 Å². The third kappa shape index (κ3) is 3.99. The number of piperidine rings is 1. The molecule has 8 heteroatoms. The molecule has 1 aromatic carbocycles. The Kier molecular flexibility index (Phi) is 5.75.